The number of benzene rings is 2. The second-order valence-electron chi connectivity index (χ2n) is 4.53. The predicted molar refractivity (Wildman–Crippen MR) is 71.1 cm³/mol. The van der Waals surface area contributed by atoms with Gasteiger partial charge in [0.25, 0.3) is 0 Å². The van der Waals surface area contributed by atoms with Crippen LogP contribution in [0.1, 0.15) is 11.5 Å². The second-order valence-corrected chi connectivity index (χ2v) is 4.53. The van der Waals surface area contributed by atoms with E-state index in [0.29, 0.717) is 11.7 Å². The van der Waals surface area contributed by atoms with Gasteiger partial charge in [0.05, 0.1) is 6.20 Å². The molecule has 0 bridgehead atoms. The highest BCUT2D eigenvalue weighted by atomic mass is 19.2. The summed E-state index contributed by atoms with van der Waals surface area (Å²) < 4.78 is 44.7. The summed E-state index contributed by atoms with van der Waals surface area (Å²) in [6.07, 6.45) is 1.63. The quantitative estimate of drug-likeness (QED) is 0.670. The van der Waals surface area contributed by atoms with E-state index in [2.05, 4.69) is 4.98 Å². The smallest absolute Gasteiger partial charge is 0.199 e. The van der Waals surface area contributed by atoms with E-state index in [4.69, 9.17) is 4.42 Å². The maximum Gasteiger partial charge on any atom is 0.199 e. The monoisotopic (exact) mass is 289 g/mol. The van der Waals surface area contributed by atoms with Crippen molar-refractivity contribution in [1.82, 2.24) is 4.98 Å². The number of aromatic nitrogens is 1. The first-order valence-corrected chi connectivity index (χ1v) is 6.27. The molecule has 1 heterocycles. The van der Waals surface area contributed by atoms with Gasteiger partial charge in [0, 0.05) is 12.0 Å². The maximum absolute atomic E-state index is 13.1. The van der Waals surface area contributed by atoms with E-state index in [1.165, 1.54) is 0 Å². The lowest BCUT2D eigenvalue weighted by atomic mass is 10.1. The summed E-state index contributed by atoms with van der Waals surface area (Å²) in [7, 11) is 0. The Labute approximate surface area is 118 Å². The van der Waals surface area contributed by atoms with Crippen LogP contribution in [0.5, 0.6) is 0 Å². The van der Waals surface area contributed by atoms with E-state index in [1.807, 2.05) is 30.3 Å². The molecule has 0 N–H and O–H groups in total. The van der Waals surface area contributed by atoms with Crippen LogP contribution in [0.4, 0.5) is 13.2 Å². The molecular formula is C16H10F3NO. The zero-order valence-corrected chi connectivity index (χ0v) is 10.8. The number of rotatable bonds is 3. The standard InChI is InChI=1S/C16H10F3NO/c17-12-6-10(7-13(18)16(12)19)8-15-20-9-14(21-15)11-4-2-1-3-5-11/h1-7,9H,8H2. The number of halogens is 3. The molecule has 0 saturated heterocycles. The summed E-state index contributed by atoms with van der Waals surface area (Å²) in [6.45, 7) is 0. The fourth-order valence-electron chi connectivity index (χ4n) is 2.01. The molecule has 0 atom stereocenters. The Morgan fingerprint density at radius 2 is 1.62 bits per heavy atom. The van der Waals surface area contributed by atoms with Gasteiger partial charge < -0.3 is 4.42 Å². The SMILES string of the molecule is Fc1cc(Cc2ncc(-c3ccccc3)o2)cc(F)c1F. The third kappa shape index (κ3) is 2.81. The summed E-state index contributed by atoms with van der Waals surface area (Å²) in [4.78, 5) is 4.06. The van der Waals surface area contributed by atoms with Gasteiger partial charge >= 0.3 is 0 Å². The van der Waals surface area contributed by atoms with Crippen LogP contribution < -0.4 is 0 Å². The average molecular weight is 289 g/mol. The number of oxazole rings is 1. The van der Waals surface area contributed by atoms with Gasteiger partial charge in [-0.25, -0.2) is 18.2 Å². The van der Waals surface area contributed by atoms with Gasteiger partial charge in [0.2, 0.25) is 0 Å². The van der Waals surface area contributed by atoms with Gasteiger partial charge in [-0.2, -0.15) is 0 Å². The van der Waals surface area contributed by atoms with Gasteiger partial charge in [-0.1, -0.05) is 30.3 Å². The van der Waals surface area contributed by atoms with Crippen molar-refractivity contribution in [2.75, 3.05) is 0 Å². The van der Waals surface area contributed by atoms with Crippen LogP contribution in [0, 0.1) is 17.5 Å². The molecule has 5 heteroatoms. The zero-order valence-electron chi connectivity index (χ0n) is 10.8. The number of hydrogen-bond donors (Lipinski definition) is 0. The summed E-state index contributed by atoms with van der Waals surface area (Å²) in [5.74, 6) is -3.05. The molecule has 0 spiro atoms. The Morgan fingerprint density at radius 1 is 0.952 bits per heavy atom. The molecular weight excluding hydrogens is 279 g/mol. The molecule has 0 aliphatic carbocycles. The first-order valence-electron chi connectivity index (χ1n) is 6.27. The fourth-order valence-corrected chi connectivity index (χ4v) is 2.01. The number of nitrogens with zero attached hydrogens (tertiary/aromatic N) is 1. The van der Waals surface area contributed by atoms with Crippen molar-refractivity contribution in [2.24, 2.45) is 0 Å². The van der Waals surface area contributed by atoms with Crippen molar-refractivity contribution in [3.05, 3.63) is 77.6 Å². The van der Waals surface area contributed by atoms with Gasteiger partial charge in [-0.3, -0.25) is 0 Å². The van der Waals surface area contributed by atoms with E-state index >= 15 is 0 Å². The van der Waals surface area contributed by atoms with Crippen molar-refractivity contribution < 1.29 is 17.6 Å². The van der Waals surface area contributed by atoms with Crippen LogP contribution in [-0.4, -0.2) is 4.98 Å². The summed E-state index contributed by atoms with van der Waals surface area (Å²) in [6, 6.07) is 11.2. The lowest BCUT2D eigenvalue weighted by Crippen LogP contribution is -1.96. The van der Waals surface area contributed by atoms with Crippen molar-refractivity contribution >= 4 is 0 Å². The van der Waals surface area contributed by atoms with E-state index in [0.717, 1.165) is 17.7 Å². The Bertz CT molecular complexity index is 745. The van der Waals surface area contributed by atoms with Gasteiger partial charge in [-0.05, 0) is 17.7 Å². The topological polar surface area (TPSA) is 26.0 Å². The van der Waals surface area contributed by atoms with Crippen LogP contribution in [0.3, 0.4) is 0 Å². The molecule has 0 unspecified atom stereocenters. The van der Waals surface area contributed by atoms with Crippen molar-refractivity contribution in [2.45, 2.75) is 6.42 Å². The molecule has 0 aliphatic heterocycles. The molecule has 0 fully saturated rings. The molecule has 0 saturated carbocycles. The molecule has 3 aromatic rings. The highest BCUT2D eigenvalue weighted by molar-refractivity contribution is 5.55. The summed E-state index contributed by atoms with van der Waals surface area (Å²) >= 11 is 0. The average Bonchev–Trinajstić information content (AvgIpc) is 2.94. The van der Waals surface area contributed by atoms with Gasteiger partial charge in [-0.15, -0.1) is 0 Å². The Morgan fingerprint density at radius 3 is 2.29 bits per heavy atom. The molecule has 21 heavy (non-hydrogen) atoms. The Kier molecular flexibility index (Phi) is 3.48. The third-order valence-electron chi connectivity index (χ3n) is 3.01. The fraction of sp³-hybridized carbons (Fsp3) is 0.0625. The molecule has 0 amide bonds. The molecule has 3 rings (SSSR count). The predicted octanol–water partition coefficient (Wildman–Crippen LogP) is 4.35. The maximum atomic E-state index is 13.1. The Hall–Kier alpha value is -2.56. The van der Waals surface area contributed by atoms with Gasteiger partial charge in [0.15, 0.2) is 29.1 Å². The summed E-state index contributed by atoms with van der Waals surface area (Å²) in [5, 5.41) is 0. The lowest BCUT2D eigenvalue weighted by Gasteiger charge is -2.01. The minimum absolute atomic E-state index is 0.0843. The second kappa shape index (κ2) is 5.44. The van der Waals surface area contributed by atoms with E-state index in [9.17, 15) is 13.2 Å². The van der Waals surface area contributed by atoms with Gasteiger partial charge in [0.1, 0.15) is 0 Å². The van der Waals surface area contributed by atoms with Crippen LogP contribution in [0.15, 0.2) is 53.1 Å². The molecule has 1 aromatic heterocycles. The lowest BCUT2D eigenvalue weighted by molar-refractivity contribution is 0.444. The van der Waals surface area contributed by atoms with Crippen LogP contribution in [0.25, 0.3) is 11.3 Å². The third-order valence-corrected chi connectivity index (χ3v) is 3.01. The van der Waals surface area contributed by atoms with Crippen molar-refractivity contribution in [3.63, 3.8) is 0 Å². The molecule has 0 aliphatic rings. The van der Waals surface area contributed by atoms with Crippen LogP contribution in [-0.2, 0) is 6.42 Å². The first kappa shape index (κ1) is 13.4. The first-order chi connectivity index (χ1) is 10.1. The minimum Gasteiger partial charge on any atom is -0.440 e. The highest BCUT2D eigenvalue weighted by Crippen LogP contribution is 2.22. The molecule has 0 radical (unpaired) electrons. The molecule has 2 aromatic carbocycles. The largest absolute Gasteiger partial charge is 0.440 e. The number of hydrogen-bond acceptors (Lipinski definition) is 2. The highest BCUT2D eigenvalue weighted by Gasteiger charge is 2.13. The molecule has 106 valence electrons. The van der Waals surface area contributed by atoms with E-state index < -0.39 is 17.5 Å². The minimum atomic E-state index is -1.48. The normalized spacial score (nSPS) is 10.8. The van der Waals surface area contributed by atoms with Crippen LogP contribution in [0.2, 0.25) is 0 Å². The van der Waals surface area contributed by atoms with E-state index in [1.54, 1.807) is 6.20 Å². The van der Waals surface area contributed by atoms with Crippen molar-refractivity contribution in [3.8, 4) is 11.3 Å². The summed E-state index contributed by atoms with van der Waals surface area (Å²) in [5.41, 5.74) is 1.11. The molecule has 2 nitrogen and oxygen atoms in total. The van der Waals surface area contributed by atoms with Crippen LogP contribution >= 0.6 is 0 Å². The Balaban J connectivity index is 1.85. The van der Waals surface area contributed by atoms with Crippen molar-refractivity contribution in [1.29, 1.82) is 0 Å². The van der Waals surface area contributed by atoms with E-state index in [-0.39, 0.29) is 12.0 Å². The zero-order chi connectivity index (χ0) is 14.8.